The Bertz CT molecular complexity index is 778. The number of fused-ring (bicyclic) bond motifs is 1. The fraction of sp³-hybridized carbons (Fsp3) is 0.250. The summed E-state index contributed by atoms with van der Waals surface area (Å²) in [5, 5.41) is 4.20. The van der Waals surface area contributed by atoms with Gasteiger partial charge in [0.2, 0.25) is 5.95 Å². The van der Waals surface area contributed by atoms with Crippen LogP contribution in [0.1, 0.15) is 5.82 Å². The van der Waals surface area contributed by atoms with E-state index in [9.17, 15) is 4.39 Å². The highest BCUT2D eigenvalue weighted by Gasteiger charge is 2.12. The van der Waals surface area contributed by atoms with E-state index in [-0.39, 0.29) is 5.82 Å². The highest BCUT2D eigenvalue weighted by Crippen LogP contribution is 2.25. The molecule has 0 amide bonds. The minimum absolute atomic E-state index is 0.338. The first-order chi connectivity index (χ1) is 9.54. The van der Waals surface area contributed by atoms with Crippen LogP contribution in [0.2, 0.25) is 0 Å². The van der Waals surface area contributed by atoms with E-state index in [4.69, 9.17) is 5.73 Å². The molecule has 0 aliphatic heterocycles. The summed E-state index contributed by atoms with van der Waals surface area (Å²) in [4.78, 5) is 8.38. The molecule has 2 aromatic heterocycles. The number of anilines is 1. The molecule has 0 saturated heterocycles. The molecule has 20 heavy (non-hydrogen) atoms. The predicted molar refractivity (Wildman–Crippen MR) is 76.5 cm³/mol. The van der Waals surface area contributed by atoms with Gasteiger partial charge in [0.1, 0.15) is 12.1 Å². The highest BCUT2D eigenvalue weighted by atomic mass is 79.9. The molecule has 0 atom stereocenters. The summed E-state index contributed by atoms with van der Waals surface area (Å²) in [5.41, 5.74) is 7.21. The molecule has 8 heteroatoms. The Balaban J connectivity index is 1.94. The van der Waals surface area contributed by atoms with Gasteiger partial charge in [-0.3, -0.25) is 4.68 Å². The molecular weight excluding hydrogens is 327 g/mol. The van der Waals surface area contributed by atoms with E-state index < -0.39 is 0 Å². The molecule has 3 rings (SSSR count). The minimum atomic E-state index is -0.338. The monoisotopic (exact) mass is 338 g/mol. The van der Waals surface area contributed by atoms with Gasteiger partial charge in [-0.15, -0.1) is 0 Å². The van der Waals surface area contributed by atoms with Crippen LogP contribution in [0.25, 0.3) is 11.0 Å². The topological polar surface area (TPSA) is 74.5 Å². The van der Waals surface area contributed by atoms with Gasteiger partial charge < -0.3 is 10.3 Å². The summed E-state index contributed by atoms with van der Waals surface area (Å²) in [6, 6.07) is 3.05. The van der Waals surface area contributed by atoms with Crippen molar-refractivity contribution in [1.29, 1.82) is 0 Å². The first kappa shape index (κ1) is 13.0. The van der Waals surface area contributed by atoms with Crippen LogP contribution in [0.5, 0.6) is 0 Å². The lowest BCUT2D eigenvalue weighted by Gasteiger charge is -2.05. The standard InChI is InChI=1S/C12H12BrFN6/c1-19-6-16-11(18-19)2-3-20-10-5-8(14)7(13)4-9(10)17-12(20)15/h4-6H,2-3H2,1H3,(H2,15,17). The number of nitrogens with zero attached hydrogens (tertiary/aromatic N) is 5. The molecule has 0 saturated carbocycles. The minimum Gasteiger partial charge on any atom is -0.369 e. The Kier molecular flexibility index (Phi) is 3.17. The van der Waals surface area contributed by atoms with Gasteiger partial charge in [0.15, 0.2) is 5.82 Å². The maximum atomic E-state index is 13.6. The molecule has 1 aromatic carbocycles. The van der Waals surface area contributed by atoms with E-state index in [0.717, 1.165) is 0 Å². The molecule has 0 spiro atoms. The fourth-order valence-electron chi connectivity index (χ4n) is 2.08. The number of rotatable bonds is 3. The van der Waals surface area contributed by atoms with Gasteiger partial charge in [0, 0.05) is 26.1 Å². The van der Waals surface area contributed by atoms with Crippen LogP contribution >= 0.6 is 15.9 Å². The lowest BCUT2D eigenvalue weighted by atomic mass is 10.3. The second-order valence-electron chi connectivity index (χ2n) is 4.46. The van der Waals surface area contributed by atoms with E-state index in [1.165, 1.54) is 6.07 Å². The number of aryl methyl sites for hydroxylation is 3. The third-order valence-electron chi connectivity index (χ3n) is 3.03. The summed E-state index contributed by atoms with van der Waals surface area (Å²) in [5.74, 6) is 0.731. The maximum Gasteiger partial charge on any atom is 0.201 e. The molecule has 2 heterocycles. The van der Waals surface area contributed by atoms with Crippen molar-refractivity contribution in [3.05, 3.63) is 34.6 Å². The summed E-state index contributed by atoms with van der Waals surface area (Å²) in [6.45, 7) is 0.549. The van der Waals surface area contributed by atoms with E-state index >= 15 is 0 Å². The van der Waals surface area contributed by atoms with Gasteiger partial charge in [-0.1, -0.05) is 0 Å². The lowest BCUT2D eigenvalue weighted by Crippen LogP contribution is -2.07. The molecule has 2 N–H and O–H groups in total. The Morgan fingerprint density at radius 2 is 2.20 bits per heavy atom. The average Bonchev–Trinajstić information content (AvgIpc) is 2.92. The largest absolute Gasteiger partial charge is 0.369 e. The van der Waals surface area contributed by atoms with Crippen LogP contribution in [0, 0.1) is 5.82 Å². The lowest BCUT2D eigenvalue weighted by molar-refractivity contribution is 0.620. The number of aromatic nitrogens is 5. The Morgan fingerprint density at radius 1 is 1.40 bits per heavy atom. The van der Waals surface area contributed by atoms with Crippen molar-refractivity contribution in [2.24, 2.45) is 7.05 Å². The number of nitrogen functional groups attached to an aromatic ring is 1. The van der Waals surface area contributed by atoms with Crippen molar-refractivity contribution in [3.8, 4) is 0 Å². The summed E-state index contributed by atoms with van der Waals surface area (Å²) < 4.78 is 17.4. The smallest absolute Gasteiger partial charge is 0.201 e. The van der Waals surface area contributed by atoms with E-state index in [0.29, 0.717) is 40.2 Å². The summed E-state index contributed by atoms with van der Waals surface area (Å²) >= 11 is 3.14. The quantitative estimate of drug-likeness (QED) is 0.791. The average molecular weight is 339 g/mol. The molecule has 6 nitrogen and oxygen atoms in total. The molecule has 104 valence electrons. The van der Waals surface area contributed by atoms with Crippen LogP contribution in [0.3, 0.4) is 0 Å². The van der Waals surface area contributed by atoms with Crippen molar-refractivity contribution in [1.82, 2.24) is 24.3 Å². The van der Waals surface area contributed by atoms with Crippen LogP contribution in [0.15, 0.2) is 22.9 Å². The van der Waals surface area contributed by atoms with Crippen molar-refractivity contribution < 1.29 is 4.39 Å². The van der Waals surface area contributed by atoms with Crippen LogP contribution in [-0.2, 0) is 20.0 Å². The van der Waals surface area contributed by atoms with Crippen LogP contribution < -0.4 is 5.73 Å². The number of nitrogens with two attached hydrogens (primary N) is 1. The Labute approximate surface area is 122 Å². The van der Waals surface area contributed by atoms with Gasteiger partial charge in [-0.2, -0.15) is 5.10 Å². The second-order valence-corrected chi connectivity index (χ2v) is 5.32. The van der Waals surface area contributed by atoms with Crippen molar-refractivity contribution in [2.45, 2.75) is 13.0 Å². The third-order valence-corrected chi connectivity index (χ3v) is 3.63. The highest BCUT2D eigenvalue weighted by molar-refractivity contribution is 9.10. The third kappa shape index (κ3) is 2.26. The Hall–Kier alpha value is -1.96. The molecule has 0 aliphatic carbocycles. The zero-order chi connectivity index (χ0) is 14.3. The number of hydrogen-bond donors (Lipinski definition) is 1. The number of imidazole rings is 1. The maximum absolute atomic E-state index is 13.6. The molecule has 0 unspecified atom stereocenters. The SMILES string of the molecule is Cn1cnc(CCn2c(N)nc3cc(Br)c(F)cc32)n1. The van der Waals surface area contributed by atoms with Crippen LogP contribution in [-0.4, -0.2) is 24.3 Å². The predicted octanol–water partition coefficient (Wildman–Crippen LogP) is 1.89. The number of benzene rings is 1. The Morgan fingerprint density at radius 3 is 2.90 bits per heavy atom. The van der Waals surface area contributed by atoms with Gasteiger partial charge in [-0.05, 0) is 22.0 Å². The van der Waals surface area contributed by atoms with Gasteiger partial charge >= 0.3 is 0 Å². The molecule has 0 fully saturated rings. The molecule has 0 radical (unpaired) electrons. The second kappa shape index (κ2) is 4.86. The fourth-order valence-corrected chi connectivity index (χ4v) is 2.42. The summed E-state index contributed by atoms with van der Waals surface area (Å²) in [7, 11) is 1.81. The first-order valence-electron chi connectivity index (χ1n) is 6.00. The van der Waals surface area contributed by atoms with Gasteiger partial charge in [0.05, 0.1) is 15.5 Å². The van der Waals surface area contributed by atoms with Crippen molar-refractivity contribution in [3.63, 3.8) is 0 Å². The first-order valence-corrected chi connectivity index (χ1v) is 6.79. The van der Waals surface area contributed by atoms with Gasteiger partial charge in [-0.25, -0.2) is 14.4 Å². The van der Waals surface area contributed by atoms with E-state index in [2.05, 4.69) is 31.0 Å². The van der Waals surface area contributed by atoms with E-state index in [1.54, 1.807) is 21.6 Å². The van der Waals surface area contributed by atoms with Crippen molar-refractivity contribution in [2.75, 3.05) is 5.73 Å². The zero-order valence-corrected chi connectivity index (χ0v) is 12.3. The number of hydrogen-bond acceptors (Lipinski definition) is 4. The van der Waals surface area contributed by atoms with Gasteiger partial charge in [0.25, 0.3) is 0 Å². The molecule has 3 aromatic rings. The molecule has 0 bridgehead atoms. The zero-order valence-electron chi connectivity index (χ0n) is 10.7. The van der Waals surface area contributed by atoms with E-state index in [1.807, 2.05) is 7.05 Å². The molecule has 0 aliphatic rings. The molecular formula is C12H12BrFN6. The van der Waals surface area contributed by atoms with Crippen molar-refractivity contribution >= 4 is 32.9 Å². The summed E-state index contributed by atoms with van der Waals surface area (Å²) in [6.07, 6.45) is 2.25. The normalized spacial score (nSPS) is 11.3. The number of halogens is 2. The van der Waals surface area contributed by atoms with Crippen LogP contribution in [0.4, 0.5) is 10.3 Å².